The Morgan fingerprint density at radius 2 is 0.575 bits per heavy atom. The number of carbonyl (C=O) groups is 4. The van der Waals surface area contributed by atoms with Crippen LogP contribution < -0.4 is 0 Å². The van der Waals surface area contributed by atoms with Gasteiger partial charge in [0.2, 0.25) is 0 Å². The van der Waals surface area contributed by atoms with Crippen LogP contribution in [-0.4, -0.2) is 96.7 Å². The molecule has 17 nitrogen and oxygen atoms in total. The van der Waals surface area contributed by atoms with Gasteiger partial charge in [0.05, 0.1) is 26.4 Å². The van der Waals surface area contributed by atoms with Crippen molar-refractivity contribution in [2.75, 3.05) is 39.6 Å². The number of aliphatic hydroxyl groups is 1. The number of rotatable bonds is 61. The van der Waals surface area contributed by atoms with Crippen LogP contribution in [0.4, 0.5) is 0 Å². The third-order valence-electron chi connectivity index (χ3n) is 14.0. The number of hydrogen-bond donors (Lipinski definition) is 3. The minimum atomic E-state index is -4.94. The van der Waals surface area contributed by atoms with Crippen molar-refractivity contribution in [3.63, 3.8) is 0 Å². The first kappa shape index (κ1) is 78.1. The second-order valence-corrected chi connectivity index (χ2v) is 25.5. The minimum Gasteiger partial charge on any atom is -0.462 e. The van der Waals surface area contributed by atoms with Gasteiger partial charge in [-0.1, -0.05) is 253 Å². The fourth-order valence-corrected chi connectivity index (χ4v) is 10.6. The third-order valence-corrected chi connectivity index (χ3v) is 15.9. The van der Waals surface area contributed by atoms with Crippen LogP contribution in [0.1, 0.15) is 304 Å². The van der Waals surface area contributed by atoms with Crippen molar-refractivity contribution in [1.82, 2.24) is 0 Å². The lowest BCUT2D eigenvalue weighted by Gasteiger charge is -2.21. The third kappa shape index (κ3) is 55.3. The topological polar surface area (TPSA) is 237 Å². The maximum absolute atomic E-state index is 12.9. The highest BCUT2D eigenvalue weighted by Crippen LogP contribution is 2.45. The number of phosphoric ester groups is 2. The fraction of sp³-hybridized carbons (Fsp3) is 0.934. The van der Waals surface area contributed by atoms with Crippen molar-refractivity contribution < 1.29 is 80.2 Å². The van der Waals surface area contributed by atoms with Gasteiger partial charge in [0, 0.05) is 25.7 Å². The highest BCUT2D eigenvalue weighted by molar-refractivity contribution is 7.47. The summed E-state index contributed by atoms with van der Waals surface area (Å²) in [6, 6.07) is 0. The number of esters is 4. The van der Waals surface area contributed by atoms with Crippen molar-refractivity contribution >= 4 is 39.5 Å². The second-order valence-electron chi connectivity index (χ2n) is 22.6. The van der Waals surface area contributed by atoms with Gasteiger partial charge >= 0.3 is 39.5 Å². The summed E-state index contributed by atoms with van der Waals surface area (Å²) in [5, 5.41) is 10.5. The van der Waals surface area contributed by atoms with E-state index in [1.54, 1.807) is 0 Å². The Balaban J connectivity index is 5.15. The summed E-state index contributed by atoms with van der Waals surface area (Å²) < 4.78 is 67.7. The maximum atomic E-state index is 12.9. The Hall–Kier alpha value is -1.94. The van der Waals surface area contributed by atoms with Gasteiger partial charge < -0.3 is 33.8 Å². The molecule has 80 heavy (non-hydrogen) atoms. The number of hydrogen-bond acceptors (Lipinski definition) is 15. The molecule has 0 saturated heterocycles. The van der Waals surface area contributed by atoms with Crippen LogP contribution in [0, 0.1) is 5.92 Å². The predicted molar refractivity (Wildman–Crippen MR) is 317 cm³/mol. The maximum Gasteiger partial charge on any atom is 0.472 e. The molecule has 0 aromatic rings. The molecule has 0 radical (unpaired) electrons. The van der Waals surface area contributed by atoms with Gasteiger partial charge in [-0.25, -0.2) is 9.13 Å². The lowest BCUT2D eigenvalue weighted by Crippen LogP contribution is -2.30. The number of unbranched alkanes of at least 4 members (excludes halogenated alkanes) is 33. The van der Waals surface area contributed by atoms with E-state index in [0.29, 0.717) is 25.7 Å². The lowest BCUT2D eigenvalue weighted by atomic mass is 10.0. The van der Waals surface area contributed by atoms with Crippen LogP contribution >= 0.6 is 15.6 Å². The van der Waals surface area contributed by atoms with Crippen LogP contribution in [0.25, 0.3) is 0 Å². The largest absolute Gasteiger partial charge is 0.472 e. The van der Waals surface area contributed by atoms with Gasteiger partial charge in [0.25, 0.3) is 0 Å². The molecule has 0 amide bonds. The summed E-state index contributed by atoms with van der Waals surface area (Å²) in [7, 11) is -9.87. The molecule has 474 valence electrons. The highest BCUT2D eigenvalue weighted by Gasteiger charge is 2.30. The van der Waals surface area contributed by atoms with E-state index in [9.17, 15) is 43.2 Å². The number of aliphatic hydroxyl groups excluding tert-OH is 1. The molecule has 0 aliphatic carbocycles. The Morgan fingerprint density at radius 1 is 0.338 bits per heavy atom. The Bertz CT molecular complexity index is 1570. The first-order valence-electron chi connectivity index (χ1n) is 32.1. The predicted octanol–water partition coefficient (Wildman–Crippen LogP) is 16.6. The van der Waals surface area contributed by atoms with E-state index in [4.69, 9.17) is 37.0 Å². The van der Waals surface area contributed by atoms with E-state index in [2.05, 4.69) is 34.6 Å². The lowest BCUT2D eigenvalue weighted by molar-refractivity contribution is -0.161. The Kier molecular flexibility index (Phi) is 53.6. The van der Waals surface area contributed by atoms with Crippen molar-refractivity contribution in [3.8, 4) is 0 Å². The van der Waals surface area contributed by atoms with Crippen LogP contribution in [-0.2, 0) is 65.4 Å². The normalized spacial score (nSPS) is 14.3. The van der Waals surface area contributed by atoms with E-state index in [1.165, 1.54) is 109 Å². The molecule has 5 atom stereocenters. The summed E-state index contributed by atoms with van der Waals surface area (Å²) in [5.41, 5.74) is 0. The van der Waals surface area contributed by atoms with E-state index in [-0.39, 0.29) is 25.7 Å². The standard InChI is InChI=1S/C61H118O17P2/c1-6-9-12-15-18-29-34-39-44-58(63)71-50-56(77-60(65)46-41-36-31-20-17-14-11-8-3)52-75-79(67,68)73-48-55(62)49-74-80(69,70)76-53-57(51-72-59(64)45-40-35-30-19-16-13-10-7-2)78-61(66)47-42-37-32-27-25-23-21-22-24-26-28-33-38-43-54(4)5/h54-57,62H,6-53H2,1-5H3,(H,67,68)(H,69,70)/t55-,56+,57+/m0/s1. The van der Waals surface area contributed by atoms with Crippen molar-refractivity contribution in [2.45, 2.75) is 323 Å². The molecule has 0 saturated carbocycles. The van der Waals surface area contributed by atoms with Gasteiger partial charge in [0.1, 0.15) is 19.3 Å². The molecule has 0 spiro atoms. The minimum absolute atomic E-state index is 0.105. The molecule has 0 fully saturated rings. The first-order valence-corrected chi connectivity index (χ1v) is 35.1. The molecule has 19 heteroatoms. The van der Waals surface area contributed by atoms with Gasteiger partial charge in [0.15, 0.2) is 12.2 Å². The zero-order chi connectivity index (χ0) is 59.2. The zero-order valence-corrected chi connectivity index (χ0v) is 53.0. The van der Waals surface area contributed by atoms with Crippen LogP contribution in [0.5, 0.6) is 0 Å². The summed E-state index contributed by atoms with van der Waals surface area (Å²) in [6.45, 7) is 7.11. The molecular weight excluding hydrogens is 1070 g/mol. The molecule has 3 N–H and O–H groups in total. The van der Waals surface area contributed by atoms with Crippen LogP contribution in [0.3, 0.4) is 0 Å². The number of phosphoric acid groups is 2. The van der Waals surface area contributed by atoms with E-state index >= 15 is 0 Å². The van der Waals surface area contributed by atoms with Crippen LogP contribution in [0.2, 0.25) is 0 Å². The van der Waals surface area contributed by atoms with Crippen molar-refractivity contribution in [1.29, 1.82) is 0 Å². The summed E-state index contributed by atoms with van der Waals surface area (Å²) in [6.07, 6.45) is 37.7. The molecule has 0 aromatic carbocycles. The molecule has 0 aromatic heterocycles. The quantitative estimate of drug-likeness (QED) is 0.0222. The van der Waals surface area contributed by atoms with Gasteiger partial charge in [-0.2, -0.15) is 0 Å². The Labute approximate surface area is 486 Å². The summed E-state index contributed by atoms with van der Waals surface area (Å²) in [5.74, 6) is -1.36. The zero-order valence-electron chi connectivity index (χ0n) is 51.2. The average molecular weight is 1190 g/mol. The average Bonchev–Trinajstić information content (AvgIpc) is 3.42. The van der Waals surface area contributed by atoms with E-state index in [0.717, 1.165) is 115 Å². The molecule has 0 aliphatic rings. The molecule has 0 bridgehead atoms. The van der Waals surface area contributed by atoms with Crippen LogP contribution in [0.15, 0.2) is 0 Å². The molecule has 0 heterocycles. The van der Waals surface area contributed by atoms with Gasteiger partial charge in [-0.05, 0) is 31.6 Å². The van der Waals surface area contributed by atoms with Crippen molar-refractivity contribution in [3.05, 3.63) is 0 Å². The monoisotopic (exact) mass is 1180 g/mol. The molecular formula is C61H118O17P2. The fourth-order valence-electron chi connectivity index (χ4n) is 9.05. The SMILES string of the molecule is CCCCCCCCCCC(=O)OC[C@H](COP(=O)(O)OC[C@H](O)COP(=O)(O)OC[C@@H](COC(=O)CCCCCCCCCC)OC(=O)CCCCCCCCCCCCCCCC(C)C)OC(=O)CCCCCCCCCC. The number of ether oxygens (including phenoxy) is 4. The van der Waals surface area contributed by atoms with E-state index < -0.39 is 97.5 Å². The second kappa shape index (κ2) is 55.0. The number of carbonyl (C=O) groups excluding carboxylic acids is 4. The Morgan fingerprint density at radius 3 is 0.850 bits per heavy atom. The molecule has 0 rings (SSSR count). The smallest absolute Gasteiger partial charge is 0.462 e. The van der Waals surface area contributed by atoms with Gasteiger partial charge in [-0.3, -0.25) is 37.3 Å². The van der Waals surface area contributed by atoms with E-state index in [1.807, 2.05) is 0 Å². The highest BCUT2D eigenvalue weighted by atomic mass is 31.2. The summed E-state index contributed by atoms with van der Waals surface area (Å²) >= 11 is 0. The van der Waals surface area contributed by atoms with Gasteiger partial charge in [-0.15, -0.1) is 0 Å². The summed E-state index contributed by atoms with van der Waals surface area (Å²) in [4.78, 5) is 71.8. The van der Waals surface area contributed by atoms with Crippen molar-refractivity contribution in [2.24, 2.45) is 5.92 Å². The first-order chi connectivity index (χ1) is 38.5. The molecule has 2 unspecified atom stereocenters. The molecule has 0 aliphatic heterocycles.